The minimum Gasteiger partial charge on any atom is -0.493 e. The minimum absolute atomic E-state index is 0.101. The number of ether oxygens (including phenoxy) is 1. The van der Waals surface area contributed by atoms with Crippen LogP contribution in [0.1, 0.15) is 80.8 Å². The number of halogens is 1. The van der Waals surface area contributed by atoms with Gasteiger partial charge in [-0.25, -0.2) is 12.8 Å². The van der Waals surface area contributed by atoms with Crippen molar-refractivity contribution in [1.29, 1.82) is 0 Å². The molecule has 1 N–H and O–H groups in total. The summed E-state index contributed by atoms with van der Waals surface area (Å²) in [6.45, 7) is 11.0. The first kappa shape index (κ1) is 32.7. The Morgan fingerprint density at radius 1 is 0.933 bits per heavy atom. The van der Waals surface area contributed by atoms with Crippen molar-refractivity contribution in [3.05, 3.63) is 125 Å². The summed E-state index contributed by atoms with van der Waals surface area (Å²) in [6, 6.07) is 28.9. The number of benzene rings is 4. The highest BCUT2D eigenvalue weighted by Gasteiger charge is 2.27. The monoisotopic (exact) mass is 628 g/mol. The average molecular weight is 629 g/mol. The van der Waals surface area contributed by atoms with Crippen molar-refractivity contribution in [2.24, 2.45) is 0 Å². The number of anilines is 1. The van der Waals surface area contributed by atoms with E-state index in [-0.39, 0.29) is 16.0 Å². The second-order valence-corrected chi connectivity index (χ2v) is 14.7. The molecule has 7 heteroatoms. The lowest BCUT2D eigenvalue weighted by Gasteiger charge is -2.36. The van der Waals surface area contributed by atoms with E-state index in [1.54, 1.807) is 18.2 Å². The third kappa shape index (κ3) is 8.33. The van der Waals surface area contributed by atoms with Crippen LogP contribution in [0.4, 0.5) is 10.1 Å². The zero-order valence-electron chi connectivity index (χ0n) is 26.9. The van der Waals surface area contributed by atoms with Crippen LogP contribution >= 0.6 is 0 Å². The molecule has 1 heterocycles. The molecule has 45 heavy (non-hydrogen) atoms. The summed E-state index contributed by atoms with van der Waals surface area (Å²) in [7, 11) is -3.98. The van der Waals surface area contributed by atoms with E-state index < -0.39 is 15.8 Å². The molecule has 0 saturated carbocycles. The summed E-state index contributed by atoms with van der Waals surface area (Å²) >= 11 is 0. The summed E-state index contributed by atoms with van der Waals surface area (Å²) in [5.74, 6) is -0.307. The highest BCUT2D eigenvalue weighted by molar-refractivity contribution is 7.92. The highest BCUT2D eigenvalue weighted by Crippen LogP contribution is 2.34. The first-order valence-electron chi connectivity index (χ1n) is 16.0. The van der Waals surface area contributed by atoms with Crippen molar-refractivity contribution >= 4 is 15.7 Å². The van der Waals surface area contributed by atoms with Gasteiger partial charge in [-0.2, -0.15) is 0 Å². The van der Waals surface area contributed by atoms with Crippen molar-refractivity contribution in [1.82, 2.24) is 4.90 Å². The number of hydrogen-bond donors (Lipinski definition) is 1. The van der Waals surface area contributed by atoms with Crippen molar-refractivity contribution in [3.63, 3.8) is 0 Å². The van der Waals surface area contributed by atoms with Crippen LogP contribution in [0.15, 0.2) is 95.9 Å². The van der Waals surface area contributed by atoms with Gasteiger partial charge in [0.25, 0.3) is 10.0 Å². The van der Waals surface area contributed by atoms with Crippen LogP contribution in [0.3, 0.4) is 0 Å². The lowest BCUT2D eigenvalue weighted by molar-refractivity contribution is 0.169. The van der Waals surface area contributed by atoms with E-state index >= 15 is 0 Å². The molecule has 1 aliphatic heterocycles. The van der Waals surface area contributed by atoms with E-state index in [4.69, 9.17) is 4.74 Å². The molecule has 0 spiro atoms. The fraction of sp³-hybridized carbons (Fsp3) is 0.368. The van der Waals surface area contributed by atoms with Gasteiger partial charge >= 0.3 is 0 Å². The quantitative estimate of drug-likeness (QED) is 0.159. The van der Waals surface area contributed by atoms with Crippen molar-refractivity contribution in [2.75, 3.05) is 17.9 Å². The maximum atomic E-state index is 14.9. The smallest absolute Gasteiger partial charge is 0.261 e. The van der Waals surface area contributed by atoms with Crippen molar-refractivity contribution in [3.8, 4) is 5.75 Å². The van der Waals surface area contributed by atoms with Gasteiger partial charge in [-0.15, -0.1) is 0 Å². The van der Waals surface area contributed by atoms with Gasteiger partial charge in [-0.1, -0.05) is 94.8 Å². The molecule has 0 aliphatic carbocycles. The molecule has 0 amide bonds. The van der Waals surface area contributed by atoms with Crippen LogP contribution < -0.4 is 9.46 Å². The van der Waals surface area contributed by atoms with Gasteiger partial charge in [0.05, 0.1) is 17.2 Å². The molecule has 4 aromatic carbocycles. The van der Waals surface area contributed by atoms with E-state index in [0.717, 1.165) is 56.3 Å². The molecule has 0 fully saturated rings. The first-order chi connectivity index (χ1) is 21.5. The Morgan fingerprint density at radius 2 is 1.69 bits per heavy atom. The maximum Gasteiger partial charge on any atom is 0.261 e. The molecule has 0 saturated heterocycles. The topological polar surface area (TPSA) is 58.6 Å². The Hall–Kier alpha value is -3.68. The van der Waals surface area contributed by atoms with Gasteiger partial charge in [0.15, 0.2) is 5.82 Å². The molecule has 5 rings (SSSR count). The van der Waals surface area contributed by atoms with Gasteiger partial charge in [-0.05, 0) is 83.2 Å². The van der Waals surface area contributed by atoms with E-state index in [1.165, 1.54) is 28.8 Å². The Kier molecular flexibility index (Phi) is 10.3. The minimum atomic E-state index is -3.98. The standard InChI is InChI=1S/C38H45FN2O3S/c1-5-10-37(29-14-17-32(18-15-29)38(2,3)4)41-23-22-30-25-34(20-16-31(30)27-41)45(42,43)40-36-21-19-33(26-35(36)39)44-24-9-13-28-11-7-6-8-12-28/h6-8,11-12,14-21,25-26,37,40H,5,9-10,13,22-24,27H2,1-4H3. The largest absolute Gasteiger partial charge is 0.493 e. The van der Waals surface area contributed by atoms with Gasteiger partial charge in [0.2, 0.25) is 0 Å². The Labute approximate surface area is 268 Å². The normalized spacial score (nSPS) is 14.5. The van der Waals surface area contributed by atoms with E-state index in [0.29, 0.717) is 18.4 Å². The van der Waals surface area contributed by atoms with Crippen LogP contribution in [-0.4, -0.2) is 26.5 Å². The van der Waals surface area contributed by atoms with Crippen LogP contribution in [0, 0.1) is 5.82 Å². The van der Waals surface area contributed by atoms with Gasteiger partial charge in [0, 0.05) is 25.2 Å². The summed E-state index contributed by atoms with van der Waals surface area (Å²) in [5, 5.41) is 0. The fourth-order valence-electron chi connectivity index (χ4n) is 6.01. The van der Waals surface area contributed by atoms with Crippen LogP contribution in [0.2, 0.25) is 0 Å². The number of rotatable bonds is 12. The van der Waals surface area contributed by atoms with E-state index in [1.807, 2.05) is 24.3 Å². The lowest BCUT2D eigenvalue weighted by Crippen LogP contribution is -2.34. The summed E-state index contributed by atoms with van der Waals surface area (Å²) in [4.78, 5) is 2.64. The highest BCUT2D eigenvalue weighted by atomic mass is 32.2. The van der Waals surface area contributed by atoms with Gasteiger partial charge in [-0.3, -0.25) is 9.62 Å². The number of hydrogen-bond acceptors (Lipinski definition) is 4. The third-order valence-electron chi connectivity index (χ3n) is 8.60. The van der Waals surface area contributed by atoms with Gasteiger partial charge < -0.3 is 4.74 Å². The number of aryl methyl sites for hydroxylation is 1. The summed E-state index contributed by atoms with van der Waals surface area (Å²) in [6.07, 6.45) is 4.55. The molecule has 4 aromatic rings. The van der Waals surface area contributed by atoms with Gasteiger partial charge in [0.1, 0.15) is 5.75 Å². The molecule has 238 valence electrons. The number of sulfonamides is 1. The molecule has 5 nitrogen and oxygen atoms in total. The predicted octanol–water partition coefficient (Wildman–Crippen LogP) is 8.84. The zero-order chi connectivity index (χ0) is 32.0. The molecule has 0 bridgehead atoms. The SMILES string of the molecule is CCCC(c1ccc(C(C)(C)C)cc1)N1CCc2cc(S(=O)(=O)Nc3ccc(OCCCc4ccccc4)cc3F)ccc2C1. The molecule has 1 atom stereocenters. The van der Waals surface area contributed by atoms with E-state index in [9.17, 15) is 12.8 Å². The molecule has 1 unspecified atom stereocenters. The van der Waals surface area contributed by atoms with Crippen LogP contribution in [0.5, 0.6) is 5.75 Å². The second-order valence-electron chi connectivity index (χ2n) is 13.0. The average Bonchev–Trinajstić information content (AvgIpc) is 3.03. The van der Waals surface area contributed by atoms with Crippen molar-refractivity contribution in [2.45, 2.75) is 82.7 Å². The molecule has 1 aliphatic rings. The molecular formula is C38H45FN2O3S. The van der Waals surface area contributed by atoms with E-state index in [2.05, 4.69) is 73.7 Å². The zero-order valence-corrected chi connectivity index (χ0v) is 27.7. The second kappa shape index (κ2) is 14.2. The first-order valence-corrected chi connectivity index (χ1v) is 17.5. The maximum absolute atomic E-state index is 14.9. The molecule has 0 radical (unpaired) electrons. The third-order valence-corrected chi connectivity index (χ3v) is 9.96. The number of nitrogens with one attached hydrogen (secondary N) is 1. The Morgan fingerprint density at radius 3 is 2.38 bits per heavy atom. The Bertz CT molecular complexity index is 1680. The summed E-state index contributed by atoms with van der Waals surface area (Å²) < 4.78 is 49.7. The number of nitrogens with zero attached hydrogens (tertiary/aromatic N) is 1. The summed E-state index contributed by atoms with van der Waals surface area (Å²) in [5.41, 5.74) is 6.03. The molecule has 0 aromatic heterocycles. The predicted molar refractivity (Wildman–Crippen MR) is 181 cm³/mol. The van der Waals surface area contributed by atoms with Crippen LogP contribution in [0.25, 0.3) is 0 Å². The number of fused-ring (bicyclic) bond motifs is 1. The molecular weight excluding hydrogens is 583 g/mol. The fourth-order valence-corrected chi connectivity index (χ4v) is 7.12. The Balaban J connectivity index is 1.22. The lowest BCUT2D eigenvalue weighted by atomic mass is 9.85. The van der Waals surface area contributed by atoms with Crippen molar-refractivity contribution < 1.29 is 17.5 Å². The van der Waals surface area contributed by atoms with Crippen LogP contribution in [-0.2, 0) is 34.8 Å².